The van der Waals surface area contributed by atoms with Crippen LogP contribution in [0, 0.1) is 0 Å². The van der Waals surface area contributed by atoms with E-state index >= 15 is 0 Å². The Morgan fingerprint density at radius 3 is 2.71 bits per heavy atom. The van der Waals surface area contributed by atoms with Gasteiger partial charge in [0.2, 0.25) is 5.76 Å². The van der Waals surface area contributed by atoms with Crippen LogP contribution in [0.3, 0.4) is 0 Å². The molecule has 128 valence electrons. The second-order valence-electron chi connectivity index (χ2n) is 5.89. The van der Waals surface area contributed by atoms with Crippen LogP contribution in [0.5, 0.6) is 0 Å². The zero-order chi connectivity index (χ0) is 17.1. The molecule has 10 heteroatoms. The van der Waals surface area contributed by atoms with Crippen molar-refractivity contribution >= 4 is 6.09 Å². The summed E-state index contributed by atoms with van der Waals surface area (Å²) in [4.78, 5) is 12.4. The fourth-order valence-corrected chi connectivity index (χ4v) is 3.37. The van der Waals surface area contributed by atoms with Crippen molar-refractivity contribution in [3.63, 3.8) is 0 Å². The SMILES string of the molecule is O=C(O)N1CCc2nn3c(c2C1)-c1noc(C(F)(F)F)c1CCC3. The smallest absolute Gasteiger partial charge is 0.452 e. The summed E-state index contributed by atoms with van der Waals surface area (Å²) in [5.74, 6) is -1.08. The number of fused-ring (bicyclic) bond motifs is 5. The first kappa shape index (κ1) is 15.0. The Hall–Kier alpha value is -2.52. The third-order valence-electron chi connectivity index (χ3n) is 4.44. The molecule has 2 aliphatic heterocycles. The van der Waals surface area contributed by atoms with Crippen LogP contribution in [0.2, 0.25) is 0 Å². The molecule has 0 radical (unpaired) electrons. The van der Waals surface area contributed by atoms with E-state index < -0.39 is 18.0 Å². The van der Waals surface area contributed by atoms with Crippen LogP contribution in [0.15, 0.2) is 4.52 Å². The summed E-state index contributed by atoms with van der Waals surface area (Å²) in [6, 6.07) is 0. The van der Waals surface area contributed by atoms with Crippen LogP contribution < -0.4 is 0 Å². The molecule has 7 nitrogen and oxygen atoms in total. The molecule has 0 saturated carbocycles. The van der Waals surface area contributed by atoms with Crippen molar-refractivity contribution in [2.45, 2.75) is 38.5 Å². The summed E-state index contributed by atoms with van der Waals surface area (Å²) >= 11 is 0. The van der Waals surface area contributed by atoms with Crippen LogP contribution in [0.25, 0.3) is 11.4 Å². The molecule has 0 unspecified atom stereocenters. The van der Waals surface area contributed by atoms with Gasteiger partial charge < -0.3 is 14.5 Å². The minimum absolute atomic E-state index is 0.0244. The Kier molecular flexibility index (Phi) is 3.12. The third-order valence-corrected chi connectivity index (χ3v) is 4.44. The Balaban J connectivity index is 1.87. The lowest BCUT2D eigenvalue weighted by Crippen LogP contribution is -2.34. The molecule has 4 heterocycles. The van der Waals surface area contributed by atoms with Crippen molar-refractivity contribution in [2.75, 3.05) is 6.54 Å². The maximum atomic E-state index is 13.1. The van der Waals surface area contributed by atoms with Gasteiger partial charge in [0, 0.05) is 30.6 Å². The average Bonchev–Trinajstić information content (AvgIpc) is 3.03. The van der Waals surface area contributed by atoms with E-state index in [1.807, 2.05) is 0 Å². The molecule has 0 aliphatic carbocycles. The van der Waals surface area contributed by atoms with Crippen LogP contribution in [0.1, 0.15) is 29.0 Å². The highest BCUT2D eigenvalue weighted by Gasteiger charge is 2.42. The fraction of sp³-hybridized carbons (Fsp3) is 0.500. The van der Waals surface area contributed by atoms with Gasteiger partial charge in [-0.2, -0.15) is 18.3 Å². The highest BCUT2D eigenvalue weighted by atomic mass is 19.4. The summed E-state index contributed by atoms with van der Waals surface area (Å²) in [5.41, 5.74) is 1.93. The predicted molar refractivity (Wildman–Crippen MR) is 73.2 cm³/mol. The van der Waals surface area contributed by atoms with Crippen LogP contribution >= 0.6 is 0 Å². The molecule has 4 rings (SSSR count). The van der Waals surface area contributed by atoms with Gasteiger partial charge in [-0.25, -0.2) is 4.79 Å². The lowest BCUT2D eigenvalue weighted by Gasteiger charge is -2.23. The van der Waals surface area contributed by atoms with Crippen LogP contribution in [-0.4, -0.2) is 37.6 Å². The van der Waals surface area contributed by atoms with Crippen molar-refractivity contribution in [3.05, 3.63) is 22.6 Å². The van der Waals surface area contributed by atoms with Crippen molar-refractivity contribution in [1.82, 2.24) is 19.8 Å². The van der Waals surface area contributed by atoms with Gasteiger partial charge in [0.15, 0.2) is 0 Å². The number of nitrogens with zero attached hydrogens (tertiary/aromatic N) is 4. The molecule has 24 heavy (non-hydrogen) atoms. The summed E-state index contributed by atoms with van der Waals surface area (Å²) in [5, 5.41) is 17.3. The number of aromatic nitrogens is 3. The molecule has 0 aromatic carbocycles. The summed E-state index contributed by atoms with van der Waals surface area (Å²) < 4.78 is 45.5. The van der Waals surface area contributed by atoms with E-state index in [2.05, 4.69) is 14.8 Å². The molecular formula is C14H13F3N4O3. The maximum Gasteiger partial charge on any atom is 0.452 e. The number of carbonyl (C=O) groups is 1. The molecule has 0 bridgehead atoms. The first-order chi connectivity index (χ1) is 11.4. The van der Waals surface area contributed by atoms with Gasteiger partial charge >= 0.3 is 12.3 Å². The molecule has 0 atom stereocenters. The predicted octanol–water partition coefficient (Wildman–Crippen LogP) is 2.54. The quantitative estimate of drug-likeness (QED) is 0.795. The monoisotopic (exact) mass is 342 g/mol. The van der Waals surface area contributed by atoms with Crippen LogP contribution in [-0.2, 0) is 32.1 Å². The summed E-state index contributed by atoms with van der Waals surface area (Å²) in [6.45, 7) is 0.870. The summed E-state index contributed by atoms with van der Waals surface area (Å²) in [6.07, 6.45) is -4.57. The first-order valence-electron chi connectivity index (χ1n) is 7.49. The Labute approximate surface area is 133 Å². The molecule has 0 saturated heterocycles. The van der Waals surface area contributed by atoms with Crippen molar-refractivity contribution in [2.24, 2.45) is 0 Å². The average molecular weight is 342 g/mol. The number of rotatable bonds is 0. The van der Waals surface area contributed by atoms with Crippen LogP contribution in [0.4, 0.5) is 18.0 Å². The van der Waals surface area contributed by atoms with E-state index in [-0.39, 0.29) is 24.2 Å². The van der Waals surface area contributed by atoms with Gasteiger partial charge in [-0.15, -0.1) is 0 Å². The van der Waals surface area contributed by atoms with Crippen molar-refractivity contribution in [1.29, 1.82) is 0 Å². The molecule has 2 aromatic rings. The molecule has 0 spiro atoms. The van der Waals surface area contributed by atoms with E-state index in [0.29, 0.717) is 42.9 Å². The van der Waals surface area contributed by atoms with E-state index in [1.54, 1.807) is 4.68 Å². The first-order valence-corrected chi connectivity index (χ1v) is 7.49. The molecular weight excluding hydrogens is 329 g/mol. The second-order valence-corrected chi connectivity index (χ2v) is 5.89. The maximum absolute atomic E-state index is 13.1. The second kappa shape index (κ2) is 4.99. The van der Waals surface area contributed by atoms with Crippen molar-refractivity contribution in [3.8, 4) is 11.4 Å². The number of halogens is 3. The van der Waals surface area contributed by atoms with Crippen molar-refractivity contribution < 1.29 is 27.6 Å². The molecule has 1 N–H and O–H groups in total. The minimum atomic E-state index is -4.61. The van der Waals surface area contributed by atoms with Gasteiger partial charge in [0.1, 0.15) is 5.69 Å². The van der Waals surface area contributed by atoms with Gasteiger partial charge in [-0.05, 0) is 12.8 Å². The highest BCUT2D eigenvalue weighted by molar-refractivity contribution is 5.69. The molecule has 2 aliphatic rings. The largest absolute Gasteiger partial charge is 0.465 e. The zero-order valence-corrected chi connectivity index (χ0v) is 12.4. The van der Waals surface area contributed by atoms with Gasteiger partial charge in [-0.3, -0.25) is 4.68 Å². The number of alkyl halides is 3. The van der Waals surface area contributed by atoms with Gasteiger partial charge in [-0.1, -0.05) is 5.16 Å². The van der Waals surface area contributed by atoms with E-state index in [4.69, 9.17) is 0 Å². The lowest BCUT2D eigenvalue weighted by molar-refractivity contribution is -0.156. The standard InChI is InChI=1S/C14H13F3N4O3/c15-14(16,17)12-7-2-1-4-21-11(10(7)19-24-12)8-6-20(13(22)23)5-3-9(8)18-21/h1-6H2,(H,22,23). The highest BCUT2D eigenvalue weighted by Crippen LogP contribution is 2.41. The van der Waals surface area contributed by atoms with Gasteiger partial charge in [0.05, 0.1) is 17.9 Å². The van der Waals surface area contributed by atoms with E-state index in [9.17, 15) is 23.1 Å². The minimum Gasteiger partial charge on any atom is -0.465 e. The zero-order valence-electron chi connectivity index (χ0n) is 12.4. The topological polar surface area (TPSA) is 84.4 Å². The third kappa shape index (κ3) is 2.16. The number of hydrogen-bond acceptors (Lipinski definition) is 4. The number of amides is 1. The van der Waals surface area contributed by atoms with E-state index in [1.165, 1.54) is 4.90 Å². The number of hydrogen-bond donors (Lipinski definition) is 1. The lowest BCUT2D eigenvalue weighted by atomic mass is 10.0. The fourth-order valence-electron chi connectivity index (χ4n) is 3.37. The van der Waals surface area contributed by atoms with E-state index in [0.717, 1.165) is 0 Å². The number of carboxylic acid groups (broad SMARTS) is 1. The Morgan fingerprint density at radius 2 is 2.00 bits per heavy atom. The molecule has 0 fully saturated rings. The molecule has 1 amide bonds. The molecule has 2 aromatic heterocycles. The Bertz CT molecular complexity index is 824. The normalized spacial score (nSPS) is 17.0. The van der Waals surface area contributed by atoms with Gasteiger partial charge in [0.25, 0.3) is 0 Å². The number of aryl methyl sites for hydroxylation is 1. The summed E-state index contributed by atoms with van der Waals surface area (Å²) in [7, 11) is 0. The Morgan fingerprint density at radius 1 is 1.21 bits per heavy atom.